The SMILES string of the molecule is C[C@@H]1CN(CCN2CC(S(=O)(=O)F)CC2=O)C[C@H](C)O1. The van der Waals surface area contributed by atoms with Gasteiger partial charge in [0.05, 0.1) is 12.2 Å². The zero-order valence-electron chi connectivity index (χ0n) is 11.8. The van der Waals surface area contributed by atoms with E-state index in [0.717, 1.165) is 13.1 Å². The van der Waals surface area contributed by atoms with Crippen molar-refractivity contribution in [3.63, 3.8) is 0 Å². The summed E-state index contributed by atoms with van der Waals surface area (Å²) in [4.78, 5) is 15.3. The molecule has 8 heteroatoms. The van der Waals surface area contributed by atoms with Crippen LogP contribution in [0.2, 0.25) is 0 Å². The number of rotatable bonds is 4. The van der Waals surface area contributed by atoms with Gasteiger partial charge in [-0.15, -0.1) is 3.89 Å². The molecule has 1 amide bonds. The fraction of sp³-hybridized carbons (Fsp3) is 0.917. The molecule has 20 heavy (non-hydrogen) atoms. The number of ether oxygens (including phenoxy) is 1. The maximum atomic E-state index is 12.9. The molecule has 2 heterocycles. The summed E-state index contributed by atoms with van der Waals surface area (Å²) in [6.07, 6.45) is 0.0494. The highest BCUT2D eigenvalue weighted by Crippen LogP contribution is 2.19. The van der Waals surface area contributed by atoms with Gasteiger partial charge in [0.1, 0.15) is 5.25 Å². The molecule has 2 saturated heterocycles. The van der Waals surface area contributed by atoms with E-state index in [2.05, 4.69) is 4.90 Å². The number of hydrogen-bond acceptors (Lipinski definition) is 5. The molecule has 0 aliphatic carbocycles. The minimum Gasteiger partial charge on any atom is -0.373 e. The summed E-state index contributed by atoms with van der Waals surface area (Å²) in [6, 6.07) is 0. The van der Waals surface area contributed by atoms with Gasteiger partial charge in [0, 0.05) is 39.1 Å². The van der Waals surface area contributed by atoms with Crippen molar-refractivity contribution in [1.29, 1.82) is 0 Å². The van der Waals surface area contributed by atoms with Crippen LogP contribution in [0.3, 0.4) is 0 Å². The first-order valence-corrected chi connectivity index (χ1v) is 8.29. The Bertz CT molecular complexity index is 460. The van der Waals surface area contributed by atoms with Crippen LogP contribution in [-0.2, 0) is 19.8 Å². The van der Waals surface area contributed by atoms with E-state index >= 15 is 0 Å². The van der Waals surface area contributed by atoms with Gasteiger partial charge in [-0.3, -0.25) is 9.69 Å². The molecule has 0 spiro atoms. The van der Waals surface area contributed by atoms with Gasteiger partial charge in [0.2, 0.25) is 5.91 Å². The summed E-state index contributed by atoms with van der Waals surface area (Å²) in [5, 5.41) is -1.20. The van der Waals surface area contributed by atoms with Gasteiger partial charge in [0.25, 0.3) is 0 Å². The standard InChI is InChI=1S/C12H21FN2O4S/c1-9-6-14(7-10(2)19-9)3-4-15-8-11(5-12(15)16)20(13,17)18/h9-11H,3-8H2,1-2H3/t9-,10+,11?. The molecule has 2 rings (SSSR count). The van der Waals surface area contributed by atoms with Gasteiger partial charge in [0.15, 0.2) is 0 Å². The average molecular weight is 308 g/mol. The van der Waals surface area contributed by atoms with Crippen LogP contribution >= 0.6 is 0 Å². The maximum Gasteiger partial charge on any atom is 0.307 e. The molecule has 0 aromatic rings. The van der Waals surface area contributed by atoms with Crippen LogP contribution in [0.1, 0.15) is 20.3 Å². The molecule has 116 valence electrons. The summed E-state index contributed by atoms with van der Waals surface area (Å²) in [7, 11) is -4.63. The lowest BCUT2D eigenvalue weighted by atomic mass is 10.2. The second-order valence-corrected chi connectivity index (χ2v) is 7.28. The third-order valence-electron chi connectivity index (χ3n) is 3.76. The van der Waals surface area contributed by atoms with Crippen molar-refractivity contribution in [3.05, 3.63) is 0 Å². The Morgan fingerprint density at radius 3 is 2.30 bits per heavy atom. The summed E-state index contributed by atoms with van der Waals surface area (Å²) < 4.78 is 40.2. The molecular weight excluding hydrogens is 287 g/mol. The van der Waals surface area contributed by atoms with Crippen LogP contribution in [0, 0.1) is 0 Å². The van der Waals surface area contributed by atoms with Crippen molar-refractivity contribution < 1.29 is 21.8 Å². The fourth-order valence-electron chi connectivity index (χ4n) is 2.87. The quantitative estimate of drug-likeness (QED) is 0.684. The van der Waals surface area contributed by atoms with Crippen LogP contribution in [-0.4, -0.2) is 74.3 Å². The lowest BCUT2D eigenvalue weighted by Crippen LogP contribution is -2.48. The predicted molar refractivity (Wildman–Crippen MR) is 71.5 cm³/mol. The first-order chi connectivity index (χ1) is 9.25. The first-order valence-electron chi connectivity index (χ1n) is 6.84. The number of amides is 1. The monoisotopic (exact) mass is 308 g/mol. The summed E-state index contributed by atoms with van der Waals surface area (Å²) >= 11 is 0. The van der Waals surface area contributed by atoms with Gasteiger partial charge in [-0.05, 0) is 13.8 Å². The molecule has 2 aliphatic rings. The Hall–Kier alpha value is -0.730. The van der Waals surface area contributed by atoms with E-state index in [1.54, 1.807) is 0 Å². The van der Waals surface area contributed by atoms with Crippen LogP contribution in [0.4, 0.5) is 3.89 Å². The lowest BCUT2D eigenvalue weighted by molar-refractivity contribution is -0.128. The highest BCUT2D eigenvalue weighted by Gasteiger charge is 2.38. The van der Waals surface area contributed by atoms with Gasteiger partial charge >= 0.3 is 10.2 Å². The smallest absolute Gasteiger partial charge is 0.307 e. The molecule has 3 atom stereocenters. The summed E-state index contributed by atoms with van der Waals surface area (Å²) in [6.45, 7) is 6.62. The van der Waals surface area contributed by atoms with E-state index in [0.29, 0.717) is 13.1 Å². The minimum absolute atomic E-state index is 0.0346. The third kappa shape index (κ3) is 3.89. The van der Waals surface area contributed by atoms with E-state index in [9.17, 15) is 17.1 Å². The molecule has 1 unspecified atom stereocenters. The highest BCUT2D eigenvalue weighted by atomic mass is 32.3. The first kappa shape index (κ1) is 15.7. The Morgan fingerprint density at radius 1 is 1.20 bits per heavy atom. The van der Waals surface area contributed by atoms with Crippen molar-refractivity contribution in [2.75, 3.05) is 32.7 Å². The van der Waals surface area contributed by atoms with Gasteiger partial charge < -0.3 is 9.64 Å². The molecular formula is C12H21FN2O4S. The zero-order chi connectivity index (χ0) is 14.9. The zero-order valence-corrected chi connectivity index (χ0v) is 12.6. The van der Waals surface area contributed by atoms with Gasteiger partial charge in [-0.2, -0.15) is 8.42 Å². The second-order valence-electron chi connectivity index (χ2n) is 5.66. The fourth-order valence-corrected chi connectivity index (χ4v) is 3.57. The van der Waals surface area contributed by atoms with E-state index in [1.165, 1.54) is 4.90 Å². The number of hydrogen-bond donors (Lipinski definition) is 0. The number of likely N-dealkylation sites (tertiary alicyclic amines) is 1. The van der Waals surface area contributed by atoms with E-state index < -0.39 is 15.5 Å². The second kappa shape index (κ2) is 5.95. The van der Waals surface area contributed by atoms with Crippen LogP contribution in [0.15, 0.2) is 0 Å². The molecule has 6 nitrogen and oxygen atoms in total. The molecule has 0 bridgehead atoms. The highest BCUT2D eigenvalue weighted by molar-refractivity contribution is 7.87. The van der Waals surface area contributed by atoms with Crippen molar-refractivity contribution in [2.24, 2.45) is 0 Å². The molecule has 2 aliphatic heterocycles. The normalized spacial score (nSPS) is 32.9. The molecule has 2 fully saturated rings. The molecule has 0 aromatic carbocycles. The van der Waals surface area contributed by atoms with E-state index in [1.807, 2.05) is 13.8 Å². The number of carbonyl (C=O) groups is 1. The number of morpholine rings is 1. The van der Waals surface area contributed by atoms with Crippen LogP contribution in [0.25, 0.3) is 0 Å². The Labute approximate surface area is 119 Å². The third-order valence-corrected chi connectivity index (χ3v) is 4.87. The van der Waals surface area contributed by atoms with E-state index in [-0.39, 0.29) is 31.1 Å². The van der Waals surface area contributed by atoms with Crippen molar-refractivity contribution >= 4 is 16.1 Å². The van der Waals surface area contributed by atoms with E-state index in [4.69, 9.17) is 4.74 Å². The summed E-state index contributed by atoms with van der Waals surface area (Å²) in [5.74, 6) is -0.286. The Kier molecular flexibility index (Phi) is 4.66. The number of carbonyl (C=O) groups excluding carboxylic acids is 1. The largest absolute Gasteiger partial charge is 0.373 e. The molecule has 0 saturated carbocycles. The molecule has 0 aromatic heterocycles. The van der Waals surface area contributed by atoms with Crippen LogP contribution in [0.5, 0.6) is 0 Å². The maximum absolute atomic E-state index is 12.9. The summed E-state index contributed by atoms with van der Waals surface area (Å²) in [5.41, 5.74) is 0. The number of halogens is 1. The average Bonchev–Trinajstić information content (AvgIpc) is 2.66. The molecule has 0 radical (unpaired) electrons. The predicted octanol–water partition coefficient (Wildman–Crippen LogP) is -0.00420. The van der Waals surface area contributed by atoms with Crippen molar-refractivity contribution in [1.82, 2.24) is 9.80 Å². The Morgan fingerprint density at radius 2 is 1.80 bits per heavy atom. The van der Waals surface area contributed by atoms with Crippen molar-refractivity contribution in [3.8, 4) is 0 Å². The topological polar surface area (TPSA) is 66.9 Å². The Balaban J connectivity index is 1.84. The number of nitrogens with zero attached hydrogens (tertiary/aromatic N) is 2. The van der Waals surface area contributed by atoms with Crippen molar-refractivity contribution in [2.45, 2.75) is 37.7 Å². The lowest BCUT2D eigenvalue weighted by Gasteiger charge is -2.36. The van der Waals surface area contributed by atoms with Gasteiger partial charge in [-0.1, -0.05) is 0 Å². The minimum atomic E-state index is -4.63. The van der Waals surface area contributed by atoms with Crippen LogP contribution < -0.4 is 0 Å². The molecule has 0 N–H and O–H groups in total. The van der Waals surface area contributed by atoms with Gasteiger partial charge in [-0.25, -0.2) is 0 Å².